The third kappa shape index (κ3) is 4.21. The lowest BCUT2D eigenvalue weighted by Gasteiger charge is -2.15. The van der Waals surface area contributed by atoms with E-state index in [-0.39, 0.29) is 18.4 Å². The molecule has 0 bridgehead atoms. The quantitative estimate of drug-likeness (QED) is 0.722. The van der Waals surface area contributed by atoms with Crippen molar-refractivity contribution in [3.05, 3.63) is 65.9 Å². The molecule has 1 saturated heterocycles. The Morgan fingerprint density at radius 1 is 1.07 bits per heavy atom. The van der Waals surface area contributed by atoms with Crippen molar-refractivity contribution >= 4 is 11.8 Å². The number of hydrogen-bond donors (Lipinski definition) is 1. The molecule has 2 amide bonds. The maximum Gasteiger partial charge on any atom is 0.252 e. The maximum absolute atomic E-state index is 12.7. The Morgan fingerprint density at radius 2 is 1.79 bits per heavy atom. The van der Waals surface area contributed by atoms with Crippen molar-refractivity contribution in [1.29, 1.82) is 0 Å². The van der Waals surface area contributed by atoms with Gasteiger partial charge in [-0.15, -0.1) is 0 Å². The zero-order valence-corrected chi connectivity index (χ0v) is 16.4. The number of amides is 2. The molecular formula is C23H23N3O3. The Morgan fingerprint density at radius 3 is 2.55 bits per heavy atom. The lowest BCUT2D eigenvalue weighted by atomic mass is 10.1. The number of aromatic nitrogens is 1. The fourth-order valence-corrected chi connectivity index (χ4v) is 3.45. The first kappa shape index (κ1) is 18.9. The maximum atomic E-state index is 12.7. The van der Waals surface area contributed by atoms with Crippen LogP contribution in [0, 0.1) is 6.92 Å². The molecule has 3 aromatic rings. The number of hydrogen-bond acceptors (Lipinski definition) is 4. The molecular weight excluding hydrogens is 366 g/mol. The van der Waals surface area contributed by atoms with Crippen LogP contribution in [0.4, 0.5) is 0 Å². The van der Waals surface area contributed by atoms with E-state index in [0.717, 1.165) is 31.5 Å². The molecule has 0 radical (unpaired) electrons. The summed E-state index contributed by atoms with van der Waals surface area (Å²) < 4.78 is 5.93. The van der Waals surface area contributed by atoms with Crippen molar-refractivity contribution < 1.29 is 14.0 Å². The molecule has 1 N–H and O–H groups in total. The summed E-state index contributed by atoms with van der Waals surface area (Å²) in [4.78, 5) is 31.1. The minimum atomic E-state index is -0.316. The van der Waals surface area contributed by atoms with E-state index < -0.39 is 0 Å². The van der Waals surface area contributed by atoms with Gasteiger partial charge in [0.2, 0.25) is 11.8 Å². The van der Waals surface area contributed by atoms with Gasteiger partial charge in [0.15, 0.2) is 5.76 Å². The first-order chi connectivity index (χ1) is 14.1. The van der Waals surface area contributed by atoms with Gasteiger partial charge in [0.1, 0.15) is 0 Å². The topological polar surface area (TPSA) is 75.4 Å². The first-order valence-corrected chi connectivity index (χ1v) is 9.80. The number of aryl methyl sites for hydroxylation is 1. The molecule has 2 aromatic carbocycles. The summed E-state index contributed by atoms with van der Waals surface area (Å²) in [5.41, 5.74) is 3.11. The van der Waals surface area contributed by atoms with Crippen molar-refractivity contribution in [3.63, 3.8) is 0 Å². The molecule has 4 rings (SSSR count). The molecule has 1 aliphatic rings. The molecule has 0 atom stereocenters. The first-order valence-electron chi connectivity index (χ1n) is 9.80. The number of rotatable bonds is 5. The summed E-state index contributed by atoms with van der Waals surface area (Å²) >= 11 is 0. The van der Waals surface area contributed by atoms with Gasteiger partial charge >= 0.3 is 0 Å². The monoisotopic (exact) mass is 389 g/mol. The molecule has 1 aromatic heterocycles. The number of nitrogens with zero attached hydrogens (tertiary/aromatic N) is 2. The Kier molecular flexibility index (Phi) is 5.42. The minimum absolute atomic E-state index is 0.00658. The number of nitrogens with one attached hydrogen (secondary N) is 1. The molecule has 6 heteroatoms. The fourth-order valence-electron chi connectivity index (χ4n) is 3.45. The smallest absolute Gasteiger partial charge is 0.252 e. The Balaban J connectivity index is 1.51. The van der Waals surface area contributed by atoms with E-state index in [1.807, 2.05) is 37.3 Å². The zero-order chi connectivity index (χ0) is 20.2. The number of benzene rings is 2. The molecule has 6 nitrogen and oxygen atoms in total. The minimum Gasteiger partial charge on any atom is -0.436 e. The second kappa shape index (κ2) is 8.31. The highest BCUT2D eigenvalue weighted by molar-refractivity contribution is 6.01. The van der Waals surface area contributed by atoms with Crippen LogP contribution in [0.5, 0.6) is 0 Å². The predicted octanol–water partition coefficient (Wildman–Crippen LogP) is 3.67. The van der Waals surface area contributed by atoms with E-state index >= 15 is 0 Å². The lowest BCUT2D eigenvalue weighted by Crippen LogP contribution is -2.38. The summed E-state index contributed by atoms with van der Waals surface area (Å²) in [5, 5.41) is 2.73. The fraction of sp³-hybridized carbons (Fsp3) is 0.261. The van der Waals surface area contributed by atoms with Gasteiger partial charge in [0, 0.05) is 24.2 Å². The Hall–Kier alpha value is -3.41. The Bertz CT molecular complexity index is 1020. The van der Waals surface area contributed by atoms with E-state index in [9.17, 15) is 9.59 Å². The summed E-state index contributed by atoms with van der Waals surface area (Å²) in [6.07, 6.45) is 3.71. The van der Waals surface area contributed by atoms with Gasteiger partial charge in [0.05, 0.1) is 18.3 Å². The standard InChI is InChI=1S/C23H23N3O3/c1-16-8-10-17(11-9-16)20-14-25-23(29-20)19-7-3-2-6-18(19)22(28)24-15-21(27)26-12-4-5-13-26/h2-3,6-11,14H,4-5,12-13,15H2,1H3,(H,24,28). The van der Waals surface area contributed by atoms with Gasteiger partial charge in [-0.3, -0.25) is 9.59 Å². The molecule has 29 heavy (non-hydrogen) atoms. The van der Waals surface area contributed by atoms with Crippen LogP contribution in [0.2, 0.25) is 0 Å². The molecule has 0 saturated carbocycles. The molecule has 0 aliphatic carbocycles. The Labute approximate surface area is 169 Å². The normalized spacial score (nSPS) is 13.5. The van der Waals surface area contributed by atoms with Gasteiger partial charge in [-0.25, -0.2) is 4.98 Å². The molecule has 0 unspecified atom stereocenters. The summed E-state index contributed by atoms with van der Waals surface area (Å²) in [6, 6.07) is 15.1. The van der Waals surface area contributed by atoms with Crippen molar-refractivity contribution in [1.82, 2.24) is 15.2 Å². The van der Waals surface area contributed by atoms with Gasteiger partial charge < -0.3 is 14.6 Å². The second-order valence-electron chi connectivity index (χ2n) is 7.21. The molecule has 148 valence electrons. The van der Waals surface area contributed by atoms with Crippen molar-refractivity contribution in [2.24, 2.45) is 0 Å². The van der Waals surface area contributed by atoms with Crippen LogP contribution >= 0.6 is 0 Å². The summed E-state index contributed by atoms with van der Waals surface area (Å²) in [5.74, 6) is 0.644. The van der Waals surface area contributed by atoms with E-state index in [0.29, 0.717) is 22.8 Å². The summed E-state index contributed by atoms with van der Waals surface area (Å²) in [7, 11) is 0. The molecule has 1 fully saturated rings. The van der Waals surface area contributed by atoms with Crippen molar-refractivity contribution in [2.45, 2.75) is 19.8 Å². The molecule has 0 spiro atoms. The molecule has 1 aliphatic heterocycles. The van der Waals surface area contributed by atoms with Gasteiger partial charge in [0.25, 0.3) is 5.91 Å². The SMILES string of the molecule is Cc1ccc(-c2cnc(-c3ccccc3C(=O)NCC(=O)N3CCCC3)o2)cc1. The average Bonchev–Trinajstić information content (AvgIpc) is 3.45. The van der Waals surface area contributed by atoms with E-state index in [2.05, 4.69) is 10.3 Å². The number of carbonyl (C=O) groups excluding carboxylic acids is 2. The van der Waals surface area contributed by atoms with Crippen LogP contribution < -0.4 is 5.32 Å². The van der Waals surface area contributed by atoms with Crippen LogP contribution in [-0.2, 0) is 4.79 Å². The van der Waals surface area contributed by atoms with E-state index in [1.165, 1.54) is 5.56 Å². The van der Waals surface area contributed by atoms with E-state index in [4.69, 9.17) is 4.42 Å². The van der Waals surface area contributed by atoms with E-state index in [1.54, 1.807) is 29.3 Å². The second-order valence-corrected chi connectivity index (χ2v) is 7.21. The number of likely N-dealkylation sites (tertiary alicyclic amines) is 1. The van der Waals surface area contributed by atoms with Crippen molar-refractivity contribution in [2.75, 3.05) is 19.6 Å². The number of carbonyl (C=O) groups is 2. The third-order valence-corrected chi connectivity index (χ3v) is 5.10. The lowest BCUT2D eigenvalue weighted by molar-refractivity contribution is -0.129. The number of oxazole rings is 1. The highest BCUT2D eigenvalue weighted by Gasteiger charge is 2.20. The molecule has 2 heterocycles. The van der Waals surface area contributed by atoms with Gasteiger partial charge in [-0.2, -0.15) is 0 Å². The largest absolute Gasteiger partial charge is 0.436 e. The highest BCUT2D eigenvalue weighted by Crippen LogP contribution is 2.28. The predicted molar refractivity (Wildman–Crippen MR) is 110 cm³/mol. The van der Waals surface area contributed by atoms with Gasteiger partial charge in [-0.1, -0.05) is 42.0 Å². The zero-order valence-electron chi connectivity index (χ0n) is 16.4. The van der Waals surface area contributed by atoms with Crippen LogP contribution in [0.25, 0.3) is 22.8 Å². The van der Waals surface area contributed by atoms with Crippen LogP contribution in [0.3, 0.4) is 0 Å². The van der Waals surface area contributed by atoms with Crippen LogP contribution in [-0.4, -0.2) is 41.3 Å². The third-order valence-electron chi connectivity index (χ3n) is 5.10. The van der Waals surface area contributed by atoms with Gasteiger partial charge in [-0.05, 0) is 31.9 Å². The average molecular weight is 389 g/mol. The van der Waals surface area contributed by atoms with Crippen LogP contribution in [0.1, 0.15) is 28.8 Å². The van der Waals surface area contributed by atoms with Crippen molar-refractivity contribution in [3.8, 4) is 22.8 Å². The highest BCUT2D eigenvalue weighted by atomic mass is 16.4. The summed E-state index contributed by atoms with van der Waals surface area (Å²) in [6.45, 7) is 3.55. The van der Waals surface area contributed by atoms with Crippen LogP contribution in [0.15, 0.2) is 59.1 Å².